The van der Waals surface area contributed by atoms with Gasteiger partial charge in [-0.05, 0) is 54.2 Å². The Kier molecular flexibility index (Phi) is 14.3. The van der Waals surface area contributed by atoms with E-state index in [1.165, 1.54) is 12.3 Å². The minimum Gasteiger partial charge on any atom is -0.478 e. The first-order valence-corrected chi connectivity index (χ1v) is 23.4. The fourth-order valence-corrected chi connectivity index (χ4v) is 9.68. The summed E-state index contributed by atoms with van der Waals surface area (Å²) in [5.41, 5.74) is 8.78. The minimum absolute atomic E-state index is 0.0428. The quantitative estimate of drug-likeness (QED) is 0.0269. The van der Waals surface area contributed by atoms with Crippen LogP contribution in [0.3, 0.4) is 0 Å². The third-order valence-electron chi connectivity index (χ3n) is 9.37. The van der Waals surface area contributed by atoms with Gasteiger partial charge in [-0.15, -0.1) is 0 Å². The lowest BCUT2D eigenvalue weighted by molar-refractivity contribution is -0.0449. The normalized spacial score (nSPS) is 18.1. The van der Waals surface area contributed by atoms with Crippen molar-refractivity contribution < 1.29 is 70.6 Å². The van der Waals surface area contributed by atoms with Crippen LogP contribution in [0.5, 0.6) is 0 Å². The second-order valence-corrected chi connectivity index (χ2v) is 19.2. The molecule has 1 fully saturated rings. The molecule has 10 N–H and O–H groups in total. The van der Waals surface area contributed by atoms with Crippen molar-refractivity contribution in [2.24, 2.45) is 0 Å². The number of phosphoric acid groups is 3. The van der Waals surface area contributed by atoms with E-state index >= 15 is 0 Å². The van der Waals surface area contributed by atoms with E-state index in [1.54, 1.807) is 12.1 Å². The molecule has 3 heterocycles. The molecule has 1 aliphatic carbocycles. The van der Waals surface area contributed by atoms with Crippen LogP contribution < -0.4 is 36.9 Å². The van der Waals surface area contributed by atoms with Gasteiger partial charge in [0.25, 0.3) is 0 Å². The fourth-order valence-electron chi connectivity index (χ4n) is 6.46. The van der Waals surface area contributed by atoms with Gasteiger partial charge in [0, 0.05) is 66.7 Å². The van der Waals surface area contributed by atoms with Crippen LogP contribution in [0.15, 0.2) is 70.0 Å². The van der Waals surface area contributed by atoms with Crippen LogP contribution in [0.1, 0.15) is 28.6 Å². The molecule has 2 aliphatic heterocycles. The van der Waals surface area contributed by atoms with Crippen molar-refractivity contribution in [1.29, 1.82) is 0 Å². The topological polar surface area (TPSA) is 331 Å². The molecule has 1 aromatic heterocycles. The average Bonchev–Trinajstić information content (AvgIpc) is 3.55. The highest BCUT2D eigenvalue weighted by molar-refractivity contribution is 7.80. The molecule has 0 bridgehead atoms. The summed E-state index contributed by atoms with van der Waals surface area (Å²) in [7, 11) is -9.30. The second kappa shape index (κ2) is 19.0. The molecule has 2 unspecified atom stereocenters. The van der Waals surface area contributed by atoms with Crippen molar-refractivity contribution in [3.8, 4) is 34.3 Å². The number of aromatic carboxylic acids is 1. The largest absolute Gasteiger partial charge is 0.490 e. The third-order valence-corrected chi connectivity index (χ3v) is 13.4. The first-order chi connectivity index (χ1) is 29.9. The third kappa shape index (κ3) is 11.7. The SMILES string of the molecule is CN(C)c1ccc2c(-c3cc(NC(=S)NCC#Cc4cn([C@H]5C[C@H](O)[C@@H](COP(=O)(O)OP(=O)(O)OP(=O)(O)O)O5)c(=O)nc4N)ccc3C(=O)O)c3ccc(=[N+](C)C)cc-3oc2c1. The molecular weight excluding hydrogens is 923 g/mol. The molecule has 0 saturated carbocycles. The summed E-state index contributed by atoms with van der Waals surface area (Å²) in [6.45, 7) is -1.01. The lowest BCUT2D eigenvalue weighted by Crippen LogP contribution is -2.29. The number of aromatic nitrogens is 2. The van der Waals surface area contributed by atoms with E-state index in [2.05, 4.69) is 40.6 Å². The van der Waals surface area contributed by atoms with Gasteiger partial charge in [0.2, 0.25) is 5.36 Å². The van der Waals surface area contributed by atoms with Crippen LogP contribution in [0, 0.1) is 11.8 Å². The number of carbonyl (C=O) groups is 1. The fraction of sp³-hybridized carbons (Fsp3) is 0.270. The van der Waals surface area contributed by atoms with Gasteiger partial charge in [-0.1, -0.05) is 11.8 Å². The van der Waals surface area contributed by atoms with Crippen molar-refractivity contribution in [3.05, 3.63) is 87.8 Å². The summed E-state index contributed by atoms with van der Waals surface area (Å²) >= 11 is 5.52. The number of benzene rings is 3. The van der Waals surface area contributed by atoms with E-state index in [9.17, 15) is 43.3 Å². The number of carboxylic acids is 1. The van der Waals surface area contributed by atoms with Gasteiger partial charge in [-0.3, -0.25) is 9.09 Å². The monoisotopic (exact) mass is 964 g/mol. The summed E-state index contributed by atoms with van der Waals surface area (Å²) in [6, 6.07) is 16.1. The maximum Gasteiger partial charge on any atom is 0.490 e. The number of aliphatic hydroxyl groups is 1. The number of nitrogens with one attached hydrogen (secondary N) is 2. The molecule has 3 aromatic rings. The Hall–Kier alpha value is -5.34. The maximum absolute atomic E-state index is 12.8. The minimum atomic E-state index is -5.78. The number of hydrogen-bond donors (Lipinski definition) is 9. The molecule has 0 radical (unpaired) electrons. The number of thiocarbonyl (C=S) groups is 1. The van der Waals surface area contributed by atoms with Gasteiger partial charge in [-0.25, -0.2) is 27.9 Å². The smallest absolute Gasteiger partial charge is 0.478 e. The van der Waals surface area contributed by atoms with Crippen molar-refractivity contribution >= 4 is 74.9 Å². The van der Waals surface area contributed by atoms with E-state index in [0.29, 0.717) is 39.1 Å². The van der Waals surface area contributed by atoms with Crippen molar-refractivity contribution in [2.75, 3.05) is 57.3 Å². The summed E-state index contributed by atoms with van der Waals surface area (Å²) in [6.07, 6.45) is -3.16. The zero-order valence-corrected chi connectivity index (χ0v) is 37.5. The van der Waals surface area contributed by atoms with Crippen molar-refractivity contribution in [3.63, 3.8) is 0 Å². The van der Waals surface area contributed by atoms with Crippen LogP contribution >= 0.6 is 35.7 Å². The van der Waals surface area contributed by atoms with Crippen LogP contribution in [-0.2, 0) is 31.6 Å². The number of fused-ring (bicyclic) bond motifs is 2. The second-order valence-electron chi connectivity index (χ2n) is 14.4. The highest BCUT2D eigenvalue weighted by Crippen LogP contribution is 2.66. The number of phosphoric ester groups is 1. The predicted molar refractivity (Wildman–Crippen MR) is 235 cm³/mol. The molecule has 3 aliphatic rings. The van der Waals surface area contributed by atoms with Crippen molar-refractivity contribution in [2.45, 2.75) is 24.9 Å². The maximum atomic E-state index is 12.8. The zero-order valence-electron chi connectivity index (χ0n) is 34.0. The number of nitrogens with two attached hydrogens (primary N) is 1. The number of carboxylic acid groups (broad SMARTS) is 1. The summed E-state index contributed by atoms with van der Waals surface area (Å²) < 4.78 is 61.3. The van der Waals surface area contributed by atoms with E-state index < -0.39 is 60.2 Å². The van der Waals surface area contributed by atoms with E-state index in [1.807, 2.05) is 74.1 Å². The van der Waals surface area contributed by atoms with E-state index in [0.717, 1.165) is 15.6 Å². The van der Waals surface area contributed by atoms with E-state index in [4.69, 9.17) is 36.9 Å². The van der Waals surface area contributed by atoms with Gasteiger partial charge < -0.3 is 60.2 Å². The van der Waals surface area contributed by atoms with Gasteiger partial charge in [0.1, 0.15) is 43.6 Å². The lowest BCUT2D eigenvalue weighted by Gasteiger charge is -2.19. The molecule has 1 saturated heterocycles. The molecule has 23 nitrogen and oxygen atoms in total. The number of nitrogen functional groups attached to an aromatic ring is 1. The first-order valence-electron chi connectivity index (χ1n) is 18.5. The Morgan fingerprint density at radius 3 is 2.45 bits per heavy atom. The van der Waals surface area contributed by atoms with Crippen LogP contribution in [0.2, 0.25) is 0 Å². The Balaban J connectivity index is 1.17. The Labute approximate surface area is 368 Å². The number of rotatable bonds is 13. The van der Waals surface area contributed by atoms with Crippen molar-refractivity contribution in [1.82, 2.24) is 19.4 Å². The molecule has 0 spiro atoms. The molecule has 2 aromatic carbocycles. The van der Waals surface area contributed by atoms with Gasteiger partial charge >= 0.3 is 35.1 Å². The summed E-state index contributed by atoms with van der Waals surface area (Å²) in [5.74, 6) is 4.73. The van der Waals surface area contributed by atoms with Gasteiger partial charge in [0.15, 0.2) is 5.11 Å². The standard InChI is InChI=1S/C37H40N7O16P3S/c1-42(2)22-8-11-25-29(15-22)57-30-16-23(43(3)4)9-12-26(30)33(25)27-14-21(7-10-24(27)35(46)47)40-36(64)39-13-5-6-20-18-44(37(48)41-34(20)38)32-17-28(45)31(58-32)19-56-62(52,53)60-63(54,55)59-61(49,50)51/h7-12,14-16,18,28,31-32,45H,13,17,19H2,1-4H3,(H8-,38,39,40,41,46,47,48,49,50,51,52,53,54,55,64)/p+1/t28-,31+,32+/m0/s1. The Bertz CT molecular complexity index is 2980. The molecular formula is C37H41N7O16P3S+. The number of ether oxygens (including phenoxy) is 1. The van der Waals surface area contributed by atoms with Gasteiger partial charge in [0.05, 0.1) is 36.4 Å². The predicted octanol–water partition coefficient (Wildman–Crippen LogP) is 2.47. The van der Waals surface area contributed by atoms with Crippen LogP contribution in [0.4, 0.5) is 17.2 Å². The molecule has 6 rings (SSSR count). The Morgan fingerprint density at radius 2 is 1.78 bits per heavy atom. The molecule has 5 atom stereocenters. The molecule has 340 valence electrons. The number of nitrogens with zero attached hydrogens (tertiary/aromatic N) is 4. The van der Waals surface area contributed by atoms with Crippen LogP contribution in [0.25, 0.3) is 33.4 Å². The lowest BCUT2D eigenvalue weighted by atomic mass is 9.90. The number of anilines is 3. The van der Waals surface area contributed by atoms with Crippen LogP contribution in [-0.4, -0.2) is 104 Å². The summed E-state index contributed by atoms with van der Waals surface area (Å²) in [4.78, 5) is 67.6. The Morgan fingerprint density at radius 1 is 1.05 bits per heavy atom. The van der Waals surface area contributed by atoms with E-state index in [-0.39, 0.29) is 35.0 Å². The highest BCUT2D eigenvalue weighted by Gasteiger charge is 2.43. The van der Waals surface area contributed by atoms with Gasteiger partial charge in [-0.2, -0.15) is 13.6 Å². The molecule has 64 heavy (non-hydrogen) atoms. The molecule has 27 heteroatoms. The highest BCUT2D eigenvalue weighted by atomic mass is 32.1. The zero-order chi connectivity index (χ0) is 46.9. The number of hydrogen-bond acceptors (Lipinski definition) is 15. The molecule has 0 amide bonds. The number of aliphatic hydroxyl groups excluding tert-OH is 1. The average molecular weight is 965 g/mol. The first kappa shape index (κ1) is 48.1. The summed E-state index contributed by atoms with van der Waals surface area (Å²) in [5, 5.41) is 28.5.